The van der Waals surface area contributed by atoms with E-state index in [9.17, 15) is 13.7 Å². The lowest BCUT2D eigenvalue weighted by molar-refractivity contribution is 0.591. The van der Waals surface area contributed by atoms with Gasteiger partial charge in [0.1, 0.15) is 11.2 Å². The Morgan fingerprint density at radius 2 is 0.939 bits per heavy atom. The van der Waals surface area contributed by atoms with E-state index in [1.165, 1.54) is 16.3 Å². The Morgan fingerprint density at radius 3 is 1.50 bits per heavy atom. The zero-order valence-corrected chi connectivity index (χ0v) is 45.1. The van der Waals surface area contributed by atoms with E-state index in [0.717, 1.165) is 71.0 Å². The second-order valence-electron chi connectivity index (χ2n) is 22.0. The van der Waals surface area contributed by atoms with Crippen molar-refractivity contribution < 1.29 is 26.3 Å². The lowest BCUT2D eigenvalue weighted by atomic mass is 9.34. The van der Waals surface area contributed by atoms with Gasteiger partial charge in [-0.25, -0.2) is 0 Å². The van der Waals surface area contributed by atoms with Gasteiger partial charge in [0, 0.05) is 76.0 Å². The molecule has 0 atom stereocenters. The van der Waals surface area contributed by atoms with Gasteiger partial charge in [-0.05, 0) is 123 Å². The molecule has 0 radical (unpaired) electrons. The Balaban J connectivity index is 1.09. The summed E-state index contributed by atoms with van der Waals surface area (Å²) in [7, 11) is 0. The number of fused-ring (bicyclic) bond motifs is 14. The summed E-state index contributed by atoms with van der Waals surface area (Å²) in [5.74, 6) is 0. The summed E-state index contributed by atoms with van der Waals surface area (Å²) < 4.78 is 159. The average Bonchev–Trinajstić information content (AvgIpc) is 1.26. The lowest BCUT2D eigenvalue weighted by Crippen LogP contribution is -2.60. The Morgan fingerprint density at radius 1 is 0.439 bits per heavy atom. The molecular formula is C76H52BN3OS. The summed E-state index contributed by atoms with van der Waals surface area (Å²) in [6.07, 6.45) is 0. The minimum Gasteiger partial charge on any atom is -0.456 e. The number of hydrogen-bond donors (Lipinski definition) is 0. The summed E-state index contributed by atoms with van der Waals surface area (Å²) in [4.78, 5) is 3.69. The smallest absolute Gasteiger partial charge is 0.249 e. The van der Waals surface area contributed by atoms with Gasteiger partial charge in [-0.2, -0.15) is 0 Å². The molecule has 0 fully saturated rings. The molecule has 5 heterocycles. The van der Waals surface area contributed by atoms with Gasteiger partial charge in [0.25, 0.3) is 0 Å². The van der Waals surface area contributed by atoms with Crippen LogP contribution >= 0.6 is 11.8 Å². The molecule has 0 aliphatic carbocycles. The molecule has 3 aromatic heterocycles. The molecule has 0 saturated heterocycles. The maximum absolute atomic E-state index is 9.80. The predicted octanol–water partition coefficient (Wildman–Crippen LogP) is 18.8. The van der Waals surface area contributed by atoms with Gasteiger partial charge in [-0.3, -0.25) is 0 Å². The van der Waals surface area contributed by atoms with Gasteiger partial charge < -0.3 is 18.5 Å². The molecule has 2 aliphatic heterocycles. The van der Waals surface area contributed by atoms with Crippen molar-refractivity contribution in [3.63, 3.8) is 0 Å². The largest absolute Gasteiger partial charge is 0.456 e. The molecule has 2 aliphatic rings. The summed E-state index contributed by atoms with van der Waals surface area (Å²) >= 11 is 1.49. The molecule has 82 heavy (non-hydrogen) atoms. The van der Waals surface area contributed by atoms with E-state index in [1.807, 2.05) is 140 Å². The van der Waals surface area contributed by atoms with Gasteiger partial charge >= 0.3 is 0 Å². The number of para-hydroxylation sites is 4. The predicted molar refractivity (Wildman–Crippen MR) is 347 cm³/mol. The number of rotatable bonds is 6. The fraction of sp³-hybridized carbons (Fsp3) is 0.0526. The van der Waals surface area contributed by atoms with Crippen LogP contribution in [-0.4, -0.2) is 15.8 Å². The lowest BCUT2D eigenvalue weighted by Gasteiger charge is -2.42. The fourth-order valence-corrected chi connectivity index (χ4v) is 14.0. The third kappa shape index (κ3) is 7.01. The standard InChI is InChI=1S/C76H52BN3OS/c1-76(2,3)51-42-58(48-23-9-5-10-24-48)74(59(43-51)49-25-11-6-12-26-49)80-67-44-52(78-63-31-17-13-27-54(63)55-28-14-18-32-64(55)78)36-37-61(67)77-62-38-40-70-72(60-41-50(35-39-69(60)81-70)47-21-7-4-8-22-47)75(62)82-71-46-53(45-68(80)73(71)77)79-65-33-19-15-29-56(65)57-30-16-20-34-66(57)79/h4-46H,1-3H3/i13D,14D,15D,16D,17D,18D,19D,20D,27D,28D,29D,30D,31D,32D,33D,34D. The molecule has 12 aromatic carbocycles. The van der Waals surface area contributed by atoms with Crippen LogP contribution in [0.4, 0.5) is 17.1 Å². The van der Waals surface area contributed by atoms with Crippen molar-refractivity contribution in [2.45, 2.75) is 36.0 Å². The Hall–Kier alpha value is -9.75. The highest BCUT2D eigenvalue weighted by Gasteiger charge is 2.44. The summed E-state index contributed by atoms with van der Waals surface area (Å²) in [5, 5.41) is 1.30. The van der Waals surface area contributed by atoms with Crippen molar-refractivity contribution in [3.05, 3.63) is 266 Å². The number of nitrogens with zero attached hydrogens (tertiary/aromatic N) is 3. The van der Waals surface area contributed by atoms with Crippen LogP contribution < -0.4 is 21.3 Å². The molecule has 0 saturated carbocycles. The zero-order chi connectivity index (χ0) is 68.3. The van der Waals surface area contributed by atoms with Crippen LogP contribution in [0.2, 0.25) is 0 Å². The average molecular weight is 1080 g/mol. The maximum Gasteiger partial charge on any atom is 0.249 e. The molecule has 386 valence electrons. The quantitative estimate of drug-likeness (QED) is 0.155. The van der Waals surface area contributed by atoms with Crippen molar-refractivity contribution in [3.8, 4) is 44.8 Å². The van der Waals surface area contributed by atoms with Crippen LogP contribution in [-0.2, 0) is 5.41 Å². The van der Waals surface area contributed by atoms with Crippen molar-refractivity contribution in [2.75, 3.05) is 4.90 Å². The molecule has 0 unspecified atom stereocenters. The van der Waals surface area contributed by atoms with Gasteiger partial charge in [-0.15, -0.1) is 0 Å². The van der Waals surface area contributed by atoms with Crippen LogP contribution in [0.15, 0.2) is 275 Å². The van der Waals surface area contributed by atoms with Gasteiger partial charge in [0.15, 0.2) is 0 Å². The fourth-order valence-electron chi connectivity index (χ4n) is 12.7. The molecule has 15 aromatic rings. The highest BCUT2D eigenvalue weighted by Crippen LogP contribution is 2.53. The number of benzene rings is 12. The van der Waals surface area contributed by atoms with Crippen LogP contribution in [0.3, 0.4) is 0 Å². The third-order valence-electron chi connectivity index (χ3n) is 16.4. The molecule has 0 amide bonds. The molecule has 0 spiro atoms. The number of anilines is 3. The van der Waals surface area contributed by atoms with Crippen LogP contribution in [0.5, 0.6) is 0 Å². The van der Waals surface area contributed by atoms with E-state index in [-0.39, 0.29) is 55.0 Å². The number of aromatic nitrogens is 2. The Bertz CT molecular complexity index is 5890. The molecular weight excluding hydrogens is 1010 g/mol. The third-order valence-corrected chi connectivity index (χ3v) is 17.6. The first kappa shape index (κ1) is 33.8. The highest BCUT2D eigenvalue weighted by atomic mass is 32.2. The molecule has 4 nitrogen and oxygen atoms in total. The number of furan rings is 1. The zero-order valence-electron chi connectivity index (χ0n) is 60.3. The molecule has 6 heteroatoms. The minimum atomic E-state index is -0.660. The highest BCUT2D eigenvalue weighted by molar-refractivity contribution is 8.00. The molecule has 0 N–H and O–H groups in total. The van der Waals surface area contributed by atoms with Crippen molar-refractivity contribution in [1.29, 1.82) is 0 Å². The van der Waals surface area contributed by atoms with E-state index >= 15 is 0 Å². The number of hydrogen-bond acceptors (Lipinski definition) is 3. The van der Waals surface area contributed by atoms with Gasteiger partial charge in [-0.1, -0.05) is 220 Å². The normalized spacial score (nSPS) is 15.7. The topological polar surface area (TPSA) is 26.2 Å². The first-order valence-corrected chi connectivity index (χ1v) is 27.9. The van der Waals surface area contributed by atoms with Crippen molar-refractivity contribution in [2.24, 2.45) is 0 Å². The van der Waals surface area contributed by atoms with E-state index in [4.69, 9.17) is 12.6 Å². The summed E-state index contributed by atoms with van der Waals surface area (Å²) in [6, 6.07) is 45.8. The summed E-state index contributed by atoms with van der Waals surface area (Å²) in [6.45, 7) is 5.80. The minimum absolute atomic E-state index is 0.0706. The van der Waals surface area contributed by atoms with E-state index < -0.39 is 109 Å². The SMILES string of the molecule is [2H]c1c([2H])c([2H])c2c(c1[2H])c1c([2H])c([2H])c([2H])c([2H])c1n2-c1ccc2c(c1)N(c1c(-c3ccccc3)cc(C(C)(C)C)cc1-c1ccccc1)c1cc(-n3c4c([2H])c([2H])c([2H])c([2H])c4c4c([2H])c([2H])c([2H])c([2H])c43)cc3c1B2c1ccc2oc4ccc(-c5ccccc5)cc4c2c1S3. The van der Waals surface area contributed by atoms with E-state index in [2.05, 4.69) is 49.9 Å². The molecule has 17 rings (SSSR count). The second-order valence-corrected chi connectivity index (χ2v) is 23.0. The first-order valence-electron chi connectivity index (χ1n) is 35.1. The van der Waals surface area contributed by atoms with E-state index in [0.29, 0.717) is 33.1 Å². The van der Waals surface area contributed by atoms with Crippen molar-refractivity contribution in [1.82, 2.24) is 9.13 Å². The van der Waals surface area contributed by atoms with Crippen LogP contribution in [0.1, 0.15) is 48.3 Å². The maximum atomic E-state index is 9.80. The van der Waals surface area contributed by atoms with Crippen molar-refractivity contribution >= 4 is 117 Å². The Labute approximate surface area is 502 Å². The molecule has 0 bridgehead atoms. The van der Waals surface area contributed by atoms with Crippen LogP contribution in [0, 0.1) is 0 Å². The first-order chi connectivity index (χ1) is 47.0. The van der Waals surface area contributed by atoms with Crippen LogP contribution in [0.25, 0.3) is 110 Å². The monoisotopic (exact) mass is 1080 g/mol. The van der Waals surface area contributed by atoms with Gasteiger partial charge in [0.2, 0.25) is 6.71 Å². The van der Waals surface area contributed by atoms with E-state index in [1.54, 1.807) is 4.57 Å². The van der Waals surface area contributed by atoms with Gasteiger partial charge in [0.05, 0.1) is 49.7 Å². The summed E-state index contributed by atoms with van der Waals surface area (Å²) in [5.41, 5.74) is 11.5. The second kappa shape index (κ2) is 17.9. The Kier molecular flexibility index (Phi) is 7.36.